The van der Waals surface area contributed by atoms with Crippen molar-refractivity contribution in [1.82, 2.24) is 14.1 Å². The molecule has 4 rings (SSSR count). The maximum Gasteiger partial charge on any atom is 0.481 e. The van der Waals surface area contributed by atoms with Crippen molar-refractivity contribution in [2.45, 2.75) is 31.1 Å². The van der Waals surface area contributed by atoms with E-state index in [4.69, 9.17) is 14.5 Å². The van der Waals surface area contributed by atoms with Crippen LogP contribution in [0.15, 0.2) is 70.5 Å². The predicted octanol–water partition coefficient (Wildman–Crippen LogP) is -0.0342. The van der Waals surface area contributed by atoms with E-state index in [1.165, 1.54) is 6.20 Å². The number of ether oxygens (including phenoxy) is 1. The molecule has 0 bridgehead atoms. The Morgan fingerprint density at radius 3 is 2.37 bits per heavy atom. The number of benzene rings is 1. The molecule has 5 atom stereocenters. The minimum absolute atomic E-state index is 0.227. The third-order valence-corrected chi connectivity index (χ3v) is 7.75. The fourth-order valence-corrected chi connectivity index (χ4v) is 5.49. The molecule has 1 saturated heterocycles. The van der Waals surface area contributed by atoms with E-state index in [0.717, 1.165) is 27.0 Å². The molecular weight excluding hydrogens is 548 g/mol. The van der Waals surface area contributed by atoms with Crippen LogP contribution in [0, 0.1) is 0 Å². The Labute approximate surface area is 214 Å². The molecule has 0 spiro atoms. The van der Waals surface area contributed by atoms with E-state index in [2.05, 4.69) is 13.8 Å². The first-order chi connectivity index (χ1) is 17.9. The highest BCUT2D eigenvalue weighted by atomic mass is 31.3. The van der Waals surface area contributed by atoms with E-state index < -0.39 is 58.0 Å². The number of aliphatic hydroxyl groups excluding tert-OH is 2. The molecule has 15 nitrogen and oxygen atoms in total. The lowest BCUT2D eigenvalue weighted by Crippen LogP contribution is -2.43. The Bertz CT molecular complexity index is 1510. The Morgan fingerprint density at radius 2 is 1.68 bits per heavy atom. The van der Waals surface area contributed by atoms with Gasteiger partial charge in [0.2, 0.25) is 0 Å². The summed E-state index contributed by atoms with van der Waals surface area (Å²) < 4.78 is 37.7. The summed E-state index contributed by atoms with van der Waals surface area (Å²) in [6.07, 6.45) is -3.99. The van der Waals surface area contributed by atoms with Crippen molar-refractivity contribution in [1.29, 1.82) is 0 Å². The molecule has 3 unspecified atom stereocenters. The van der Waals surface area contributed by atoms with Crippen molar-refractivity contribution in [3.05, 3.63) is 87.5 Å². The van der Waals surface area contributed by atoms with Gasteiger partial charge in [0.05, 0.1) is 18.8 Å². The highest BCUT2D eigenvalue weighted by molar-refractivity contribution is 7.60. The fraction of sp³-hybridized carbons (Fsp3) is 0.286. The van der Waals surface area contributed by atoms with Crippen LogP contribution in [0.2, 0.25) is 0 Å². The maximum atomic E-state index is 13.3. The molecule has 0 saturated carbocycles. The largest absolute Gasteiger partial charge is 0.481 e. The van der Waals surface area contributed by atoms with Gasteiger partial charge in [-0.25, -0.2) is 13.9 Å². The van der Waals surface area contributed by atoms with Gasteiger partial charge in [0.15, 0.2) is 6.23 Å². The third-order valence-electron chi connectivity index (χ3n) is 5.60. The lowest BCUT2D eigenvalue weighted by molar-refractivity contribution is -0.0547. The van der Waals surface area contributed by atoms with Crippen molar-refractivity contribution < 1.29 is 47.6 Å². The van der Waals surface area contributed by atoms with Crippen molar-refractivity contribution in [3.8, 4) is 11.1 Å². The second kappa shape index (κ2) is 11.1. The average molecular weight is 571 g/mol. The minimum atomic E-state index is -5.38. The predicted molar refractivity (Wildman–Crippen MR) is 129 cm³/mol. The zero-order valence-corrected chi connectivity index (χ0v) is 21.1. The van der Waals surface area contributed by atoms with Gasteiger partial charge in [-0.05, 0) is 11.6 Å². The smallest absolute Gasteiger partial charge is 0.387 e. The zero-order chi connectivity index (χ0) is 27.7. The number of hydrogen-bond donors (Lipinski definition) is 5. The molecule has 1 aliphatic heterocycles. The summed E-state index contributed by atoms with van der Waals surface area (Å²) in [5.41, 5.74) is 0.339. The molecule has 3 heterocycles. The number of aromatic nitrogens is 3. The summed E-state index contributed by atoms with van der Waals surface area (Å²) in [7, 11) is -10.6. The Kier molecular flexibility index (Phi) is 8.26. The van der Waals surface area contributed by atoms with E-state index in [1.54, 1.807) is 12.1 Å². The summed E-state index contributed by atoms with van der Waals surface area (Å²) in [6.45, 7) is -1.17. The molecule has 0 aliphatic carbocycles. The summed E-state index contributed by atoms with van der Waals surface area (Å²) in [5.74, 6) is 0. The van der Waals surface area contributed by atoms with E-state index in [0.29, 0.717) is 11.3 Å². The van der Waals surface area contributed by atoms with Crippen LogP contribution in [-0.2, 0) is 29.2 Å². The Morgan fingerprint density at radius 1 is 0.974 bits per heavy atom. The first-order valence-electron chi connectivity index (χ1n) is 10.9. The molecule has 2 aromatic heterocycles. The monoisotopic (exact) mass is 571 g/mol. The van der Waals surface area contributed by atoms with E-state index in [9.17, 15) is 33.8 Å². The van der Waals surface area contributed by atoms with Crippen LogP contribution in [0.25, 0.3) is 11.1 Å². The van der Waals surface area contributed by atoms with E-state index in [-0.39, 0.29) is 6.54 Å². The number of nitrogens with zero attached hydrogens (tertiary/aromatic N) is 3. The number of rotatable bonds is 9. The first-order valence-corrected chi connectivity index (χ1v) is 14.0. The van der Waals surface area contributed by atoms with Crippen molar-refractivity contribution >= 4 is 15.6 Å². The lowest BCUT2D eigenvalue weighted by Gasteiger charge is -2.19. The van der Waals surface area contributed by atoms with Gasteiger partial charge in [0.25, 0.3) is 5.56 Å². The van der Waals surface area contributed by atoms with Gasteiger partial charge in [-0.2, -0.15) is 4.31 Å². The van der Waals surface area contributed by atoms with Crippen molar-refractivity contribution in [3.63, 3.8) is 0 Å². The highest BCUT2D eigenvalue weighted by Gasteiger charge is 2.46. The van der Waals surface area contributed by atoms with Crippen LogP contribution in [-0.4, -0.2) is 63.9 Å². The highest BCUT2D eigenvalue weighted by Crippen LogP contribution is 2.57. The standard InChI is InChI=1S/C21H23N3O12P2/c25-17-8-10-23(20-19(27)18(26)16(35-20)12-34-38(32,33)36-37(29,30)31)21(28)24(17)11-15-14(7-4-9-22-15)13-5-2-1-3-6-13/h1-10,16,18-20,26-27H,11-12H2,(H,32,33)(H2,29,30,31)/t16-,18?,19?,20-/m1/s1. The van der Waals surface area contributed by atoms with Gasteiger partial charge in [-0.15, -0.1) is 0 Å². The van der Waals surface area contributed by atoms with Crippen LogP contribution >= 0.6 is 15.6 Å². The van der Waals surface area contributed by atoms with Crippen LogP contribution in [0.5, 0.6) is 0 Å². The molecule has 38 heavy (non-hydrogen) atoms. The summed E-state index contributed by atoms with van der Waals surface area (Å²) in [5, 5.41) is 20.8. The van der Waals surface area contributed by atoms with Gasteiger partial charge >= 0.3 is 21.3 Å². The maximum absolute atomic E-state index is 13.3. The third kappa shape index (κ3) is 6.42. The molecule has 3 aromatic rings. The fourth-order valence-electron chi connectivity index (χ4n) is 3.89. The molecular formula is C21H23N3O12P2. The van der Waals surface area contributed by atoms with E-state index in [1.807, 2.05) is 30.3 Å². The van der Waals surface area contributed by atoms with E-state index >= 15 is 0 Å². The summed E-state index contributed by atoms with van der Waals surface area (Å²) in [6, 6.07) is 13.7. The number of phosphoric acid groups is 2. The molecule has 17 heteroatoms. The van der Waals surface area contributed by atoms with Crippen molar-refractivity contribution in [2.24, 2.45) is 0 Å². The first kappa shape index (κ1) is 28.2. The molecule has 1 fully saturated rings. The minimum Gasteiger partial charge on any atom is -0.387 e. The number of aliphatic hydroxyl groups is 2. The molecule has 1 aromatic carbocycles. The van der Waals surface area contributed by atoms with Crippen LogP contribution in [0.4, 0.5) is 0 Å². The second-order valence-electron chi connectivity index (χ2n) is 8.18. The zero-order valence-electron chi connectivity index (χ0n) is 19.3. The quantitative estimate of drug-likeness (QED) is 0.213. The number of phosphoric ester groups is 1. The van der Waals surface area contributed by atoms with Gasteiger partial charge < -0.3 is 29.6 Å². The van der Waals surface area contributed by atoms with Gasteiger partial charge in [0, 0.05) is 24.0 Å². The van der Waals surface area contributed by atoms with Crippen LogP contribution in [0.3, 0.4) is 0 Å². The topological polar surface area (TPSA) is 220 Å². The molecule has 204 valence electrons. The normalized spacial score (nSPS) is 23.3. The number of hydrogen-bond acceptors (Lipinski definition) is 10. The van der Waals surface area contributed by atoms with Gasteiger partial charge in [-0.1, -0.05) is 36.4 Å². The molecule has 5 N–H and O–H groups in total. The molecule has 0 radical (unpaired) electrons. The second-order valence-corrected chi connectivity index (χ2v) is 11.0. The summed E-state index contributed by atoms with van der Waals surface area (Å²) in [4.78, 5) is 57.0. The SMILES string of the molecule is O=c1ccn([C@@H]2O[C@H](COP(=O)(O)OP(=O)(O)O)C(O)C2O)c(=O)n1Cc1ncccc1-c1ccccc1. The molecule has 1 aliphatic rings. The molecule has 0 amide bonds. The number of pyridine rings is 1. The van der Waals surface area contributed by atoms with Crippen LogP contribution < -0.4 is 11.2 Å². The van der Waals surface area contributed by atoms with Crippen molar-refractivity contribution in [2.75, 3.05) is 6.61 Å². The lowest BCUT2D eigenvalue weighted by atomic mass is 10.0. The van der Waals surface area contributed by atoms with Gasteiger partial charge in [-0.3, -0.25) is 23.4 Å². The Balaban J connectivity index is 1.58. The summed E-state index contributed by atoms with van der Waals surface area (Å²) >= 11 is 0. The Hall–Kier alpha value is -2.81. The van der Waals surface area contributed by atoms with Gasteiger partial charge in [0.1, 0.15) is 18.3 Å². The van der Waals surface area contributed by atoms with Crippen LogP contribution in [0.1, 0.15) is 11.9 Å². The average Bonchev–Trinajstić information content (AvgIpc) is 3.13.